The largest absolute Gasteiger partial charge is 0.329 e. The van der Waals surface area contributed by atoms with Crippen molar-refractivity contribution in [3.63, 3.8) is 0 Å². The van der Waals surface area contributed by atoms with E-state index < -0.39 is 0 Å². The standard InChI is InChI=1S/C17H28N2/c1-12(2)15-5-7-16(8-6-15)17(10-18)19-11-13(3)9-14(19)4/h5-8,12-14,17H,9-11,18H2,1-4H3. The molecule has 2 rings (SSSR count). The van der Waals surface area contributed by atoms with Gasteiger partial charge in [0, 0.05) is 25.2 Å². The van der Waals surface area contributed by atoms with Crippen molar-refractivity contribution in [1.29, 1.82) is 0 Å². The Balaban J connectivity index is 2.17. The van der Waals surface area contributed by atoms with Crippen LogP contribution in [0.1, 0.15) is 57.2 Å². The van der Waals surface area contributed by atoms with Crippen molar-refractivity contribution in [1.82, 2.24) is 4.90 Å². The van der Waals surface area contributed by atoms with Crippen molar-refractivity contribution in [2.45, 2.75) is 52.1 Å². The van der Waals surface area contributed by atoms with Crippen LogP contribution >= 0.6 is 0 Å². The predicted molar refractivity (Wildman–Crippen MR) is 82.3 cm³/mol. The molecule has 3 unspecified atom stereocenters. The van der Waals surface area contributed by atoms with Crippen LogP contribution in [0.4, 0.5) is 0 Å². The van der Waals surface area contributed by atoms with E-state index in [-0.39, 0.29) is 0 Å². The van der Waals surface area contributed by atoms with Gasteiger partial charge < -0.3 is 5.73 Å². The number of hydrogen-bond donors (Lipinski definition) is 1. The lowest BCUT2D eigenvalue weighted by Gasteiger charge is -2.31. The van der Waals surface area contributed by atoms with E-state index in [0.29, 0.717) is 24.5 Å². The van der Waals surface area contributed by atoms with Gasteiger partial charge in [-0.3, -0.25) is 4.90 Å². The van der Waals surface area contributed by atoms with E-state index in [4.69, 9.17) is 5.73 Å². The highest BCUT2D eigenvalue weighted by molar-refractivity contribution is 5.27. The molecule has 0 aliphatic carbocycles. The highest BCUT2D eigenvalue weighted by Crippen LogP contribution is 2.31. The first-order chi connectivity index (χ1) is 9.02. The van der Waals surface area contributed by atoms with E-state index in [1.807, 2.05) is 0 Å². The molecular formula is C17H28N2. The van der Waals surface area contributed by atoms with Gasteiger partial charge in [0.15, 0.2) is 0 Å². The smallest absolute Gasteiger partial charge is 0.0473 e. The third kappa shape index (κ3) is 3.18. The maximum Gasteiger partial charge on any atom is 0.0473 e. The van der Waals surface area contributed by atoms with E-state index in [2.05, 4.69) is 56.9 Å². The average molecular weight is 260 g/mol. The molecule has 106 valence electrons. The van der Waals surface area contributed by atoms with Crippen molar-refractivity contribution < 1.29 is 0 Å². The van der Waals surface area contributed by atoms with Gasteiger partial charge in [0.25, 0.3) is 0 Å². The summed E-state index contributed by atoms with van der Waals surface area (Å²) >= 11 is 0. The molecule has 1 aliphatic rings. The Morgan fingerprint density at radius 1 is 1.16 bits per heavy atom. The van der Waals surface area contributed by atoms with Gasteiger partial charge in [-0.15, -0.1) is 0 Å². The van der Waals surface area contributed by atoms with Crippen LogP contribution in [0.3, 0.4) is 0 Å². The Bertz CT molecular complexity index is 396. The molecule has 0 radical (unpaired) electrons. The van der Waals surface area contributed by atoms with Gasteiger partial charge in [-0.25, -0.2) is 0 Å². The minimum atomic E-state index is 0.376. The fourth-order valence-corrected chi connectivity index (χ4v) is 3.33. The summed E-state index contributed by atoms with van der Waals surface area (Å²) in [5, 5.41) is 0. The molecule has 0 spiro atoms. The first-order valence-electron chi connectivity index (χ1n) is 7.58. The van der Waals surface area contributed by atoms with E-state index in [1.165, 1.54) is 24.1 Å². The summed E-state index contributed by atoms with van der Waals surface area (Å²) in [6.07, 6.45) is 1.29. The molecule has 0 bridgehead atoms. The normalized spacial score (nSPS) is 26.0. The predicted octanol–water partition coefficient (Wildman–Crippen LogP) is 3.54. The molecule has 1 heterocycles. The molecule has 0 amide bonds. The molecule has 1 saturated heterocycles. The van der Waals surface area contributed by atoms with Gasteiger partial charge in [-0.05, 0) is 36.3 Å². The molecule has 1 aromatic rings. The Labute approximate surface area is 118 Å². The molecule has 1 fully saturated rings. The van der Waals surface area contributed by atoms with E-state index >= 15 is 0 Å². The van der Waals surface area contributed by atoms with Crippen molar-refractivity contribution >= 4 is 0 Å². The Kier molecular flexibility index (Phi) is 4.64. The highest BCUT2D eigenvalue weighted by atomic mass is 15.2. The van der Waals surface area contributed by atoms with E-state index in [9.17, 15) is 0 Å². The van der Waals surface area contributed by atoms with Gasteiger partial charge >= 0.3 is 0 Å². The van der Waals surface area contributed by atoms with Gasteiger partial charge in [0.2, 0.25) is 0 Å². The van der Waals surface area contributed by atoms with Gasteiger partial charge in [0.05, 0.1) is 0 Å². The second-order valence-corrected chi connectivity index (χ2v) is 6.46. The SMILES string of the molecule is CC1CC(C)N(C(CN)c2ccc(C(C)C)cc2)C1. The minimum absolute atomic E-state index is 0.376. The molecule has 2 N–H and O–H groups in total. The summed E-state index contributed by atoms with van der Waals surface area (Å²) < 4.78 is 0. The summed E-state index contributed by atoms with van der Waals surface area (Å²) in [6, 6.07) is 10.1. The Hall–Kier alpha value is -0.860. The lowest BCUT2D eigenvalue weighted by atomic mass is 9.98. The molecular weight excluding hydrogens is 232 g/mol. The van der Waals surface area contributed by atoms with Crippen LogP contribution in [0.15, 0.2) is 24.3 Å². The molecule has 0 aromatic heterocycles. The quantitative estimate of drug-likeness (QED) is 0.897. The van der Waals surface area contributed by atoms with Crippen LogP contribution in [0.2, 0.25) is 0 Å². The first kappa shape index (κ1) is 14.5. The Morgan fingerprint density at radius 3 is 2.16 bits per heavy atom. The highest BCUT2D eigenvalue weighted by Gasteiger charge is 2.31. The molecule has 1 aromatic carbocycles. The number of hydrogen-bond acceptors (Lipinski definition) is 2. The third-order valence-electron chi connectivity index (χ3n) is 4.44. The topological polar surface area (TPSA) is 29.3 Å². The van der Waals surface area contributed by atoms with Crippen molar-refractivity contribution in [2.75, 3.05) is 13.1 Å². The summed E-state index contributed by atoms with van der Waals surface area (Å²) in [5.74, 6) is 1.38. The average Bonchev–Trinajstić information content (AvgIpc) is 2.70. The second kappa shape index (κ2) is 6.06. The van der Waals surface area contributed by atoms with Crippen LogP contribution in [-0.4, -0.2) is 24.0 Å². The van der Waals surface area contributed by atoms with E-state index in [1.54, 1.807) is 0 Å². The van der Waals surface area contributed by atoms with Crippen molar-refractivity contribution in [3.8, 4) is 0 Å². The zero-order chi connectivity index (χ0) is 14.0. The number of benzene rings is 1. The van der Waals surface area contributed by atoms with Gasteiger partial charge in [0.1, 0.15) is 0 Å². The summed E-state index contributed by atoms with van der Waals surface area (Å²) in [6.45, 7) is 11.0. The zero-order valence-electron chi connectivity index (χ0n) is 12.8. The molecule has 1 aliphatic heterocycles. The summed E-state index contributed by atoms with van der Waals surface area (Å²) in [7, 11) is 0. The number of nitrogens with two attached hydrogens (primary N) is 1. The van der Waals surface area contributed by atoms with Crippen molar-refractivity contribution in [2.24, 2.45) is 11.7 Å². The van der Waals surface area contributed by atoms with Crippen LogP contribution in [0.25, 0.3) is 0 Å². The number of likely N-dealkylation sites (tertiary alicyclic amines) is 1. The maximum absolute atomic E-state index is 6.05. The third-order valence-corrected chi connectivity index (χ3v) is 4.44. The van der Waals surface area contributed by atoms with Gasteiger partial charge in [-0.2, -0.15) is 0 Å². The van der Waals surface area contributed by atoms with Gasteiger partial charge in [-0.1, -0.05) is 45.0 Å². The molecule has 0 saturated carbocycles. The number of rotatable bonds is 4. The van der Waals surface area contributed by atoms with Crippen LogP contribution in [0, 0.1) is 5.92 Å². The fraction of sp³-hybridized carbons (Fsp3) is 0.647. The molecule has 3 atom stereocenters. The fourth-order valence-electron chi connectivity index (χ4n) is 3.33. The molecule has 2 nitrogen and oxygen atoms in total. The zero-order valence-corrected chi connectivity index (χ0v) is 12.8. The minimum Gasteiger partial charge on any atom is -0.329 e. The monoisotopic (exact) mass is 260 g/mol. The molecule has 2 heteroatoms. The van der Waals surface area contributed by atoms with Crippen LogP contribution < -0.4 is 5.73 Å². The first-order valence-corrected chi connectivity index (χ1v) is 7.58. The van der Waals surface area contributed by atoms with Crippen LogP contribution in [0.5, 0.6) is 0 Å². The second-order valence-electron chi connectivity index (χ2n) is 6.46. The number of nitrogens with zero attached hydrogens (tertiary/aromatic N) is 1. The summed E-state index contributed by atoms with van der Waals surface area (Å²) in [4.78, 5) is 2.58. The molecule has 19 heavy (non-hydrogen) atoms. The van der Waals surface area contributed by atoms with E-state index in [0.717, 1.165) is 5.92 Å². The Morgan fingerprint density at radius 2 is 1.74 bits per heavy atom. The van der Waals surface area contributed by atoms with Crippen LogP contribution in [-0.2, 0) is 0 Å². The maximum atomic E-state index is 6.05. The lowest BCUT2D eigenvalue weighted by Crippen LogP contribution is -2.36. The lowest BCUT2D eigenvalue weighted by molar-refractivity contribution is 0.192. The summed E-state index contributed by atoms with van der Waals surface area (Å²) in [5.41, 5.74) is 8.82. The van der Waals surface area contributed by atoms with Crippen molar-refractivity contribution in [3.05, 3.63) is 35.4 Å².